The number of aryl methyl sites for hydroxylation is 1. The van der Waals surface area contributed by atoms with Crippen molar-refractivity contribution < 1.29 is 13.6 Å². The minimum Gasteiger partial charge on any atom is -0.349 e. The lowest BCUT2D eigenvalue weighted by molar-refractivity contribution is -0.123. The number of rotatable bonds is 5. The highest BCUT2D eigenvalue weighted by molar-refractivity contribution is 5.83. The summed E-state index contributed by atoms with van der Waals surface area (Å²) in [5, 5.41) is 6.96. The Bertz CT molecular complexity index is 728. The average Bonchev–Trinajstić information content (AvgIpc) is 3.22. The van der Waals surface area contributed by atoms with E-state index >= 15 is 0 Å². The minimum absolute atomic E-state index is 0.116. The first kappa shape index (κ1) is 15.6. The molecule has 1 N–H and O–H groups in total. The summed E-state index contributed by atoms with van der Waals surface area (Å²) >= 11 is 0. The number of nitrogens with zero attached hydrogens (tertiary/aromatic N) is 2. The van der Waals surface area contributed by atoms with E-state index in [0.29, 0.717) is 6.42 Å². The SMILES string of the molecule is CC[C@H](NC(=O)[C@H]1C[C@H]1c1cnn(C)c1)c1cc(F)ccc1F. The third kappa shape index (κ3) is 3.25. The molecule has 1 fully saturated rings. The van der Waals surface area contributed by atoms with Crippen LogP contribution in [0.3, 0.4) is 0 Å². The molecule has 23 heavy (non-hydrogen) atoms. The van der Waals surface area contributed by atoms with Gasteiger partial charge in [0.25, 0.3) is 0 Å². The molecule has 0 aliphatic heterocycles. The monoisotopic (exact) mass is 319 g/mol. The zero-order chi connectivity index (χ0) is 16.6. The lowest BCUT2D eigenvalue weighted by Crippen LogP contribution is -2.30. The number of benzene rings is 1. The first-order valence-electron chi connectivity index (χ1n) is 7.73. The topological polar surface area (TPSA) is 46.9 Å². The fraction of sp³-hybridized carbons (Fsp3) is 0.412. The van der Waals surface area contributed by atoms with E-state index in [0.717, 1.165) is 30.2 Å². The van der Waals surface area contributed by atoms with Gasteiger partial charge in [-0.15, -0.1) is 0 Å². The van der Waals surface area contributed by atoms with Gasteiger partial charge in [0, 0.05) is 24.7 Å². The molecular weight excluding hydrogens is 300 g/mol. The predicted octanol–water partition coefficient (Wildman–Crippen LogP) is 3.07. The number of halogens is 2. The van der Waals surface area contributed by atoms with E-state index in [1.165, 1.54) is 0 Å². The maximum absolute atomic E-state index is 13.9. The smallest absolute Gasteiger partial charge is 0.224 e. The summed E-state index contributed by atoms with van der Waals surface area (Å²) in [6.07, 6.45) is 4.93. The van der Waals surface area contributed by atoms with Crippen molar-refractivity contribution >= 4 is 5.91 Å². The zero-order valence-electron chi connectivity index (χ0n) is 13.1. The van der Waals surface area contributed by atoms with E-state index < -0.39 is 17.7 Å². The maximum Gasteiger partial charge on any atom is 0.224 e. The van der Waals surface area contributed by atoms with Gasteiger partial charge in [-0.2, -0.15) is 5.10 Å². The van der Waals surface area contributed by atoms with Crippen molar-refractivity contribution in [3.63, 3.8) is 0 Å². The Morgan fingerprint density at radius 1 is 1.48 bits per heavy atom. The summed E-state index contributed by atoms with van der Waals surface area (Å²) < 4.78 is 28.9. The summed E-state index contributed by atoms with van der Waals surface area (Å²) in [4.78, 5) is 12.4. The molecule has 1 heterocycles. The Hall–Kier alpha value is -2.24. The van der Waals surface area contributed by atoms with Crippen LogP contribution in [-0.4, -0.2) is 15.7 Å². The Balaban J connectivity index is 1.68. The van der Waals surface area contributed by atoms with Crippen LogP contribution in [0.1, 0.15) is 42.9 Å². The number of carbonyl (C=O) groups excluding carboxylic acids is 1. The van der Waals surface area contributed by atoms with Gasteiger partial charge in [0.2, 0.25) is 5.91 Å². The molecule has 1 aromatic heterocycles. The Morgan fingerprint density at radius 3 is 2.91 bits per heavy atom. The molecule has 0 saturated heterocycles. The van der Waals surface area contributed by atoms with E-state index in [2.05, 4.69) is 10.4 Å². The lowest BCUT2D eigenvalue weighted by Gasteiger charge is -2.18. The van der Waals surface area contributed by atoms with Crippen molar-refractivity contribution in [2.45, 2.75) is 31.7 Å². The van der Waals surface area contributed by atoms with Crippen molar-refractivity contribution in [3.8, 4) is 0 Å². The van der Waals surface area contributed by atoms with Gasteiger partial charge in [-0.05, 0) is 42.5 Å². The van der Waals surface area contributed by atoms with Gasteiger partial charge in [0.05, 0.1) is 12.2 Å². The molecule has 1 aliphatic rings. The number of aromatic nitrogens is 2. The van der Waals surface area contributed by atoms with Crippen LogP contribution in [0.2, 0.25) is 0 Å². The summed E-state index contributed by atoms with van der Waals surface area (Å²) in [5.41, 5.74) is 1.23. The fourth-order valence-electron chi connectivity index (χ4n) is 2.94. The van der Waals surface area contributed by atoms with Gasteiger partial charge in [-0.3, -0.25) is 9.48 Å². The van der Waals surface area contributed by atoms with Crippen LogP contribution in [-0.2, 0) is 11.8 Å². The second kappa shape index (κ2) is 6.10. The largest absolute Gasteiger partial charge is 0.349 e. The molecule has 0 radical (unpaired) electrons. The molecule has 1 aromatic carbocycles. The predicted molar refractivity (Wildman–Crippen MR) is 81.6 cm³/mol. The maximum atomic E-state index is 13.9. The molecule has 1 saturated carbocycles. The number of amides is 1. The van der Waals surface area contributed by atoms with Gasteiger partial charge in [0.15, 0.2) is 0 Å². The molecule has 0 bridgehead atoms. The molecule has 6 heteroatoms. The summed E-state index contributed by atoms with van der Waals surface area (Å²) in [6.45, 7) is 1.83. The molecule has 4 nitrogen and oxygen atoms in total. The van der Waals surface area contributed by atoms with Crippen LogP contribution >= 0.6 is 0 Å². The second-order valence-corrected chi connectivity index (χ2v) is 6.03. The van der Waals surface area contributed by atoms with Gasteiger partial charge in [-0.1, -0.05) is 6.92 Å². The van der Waals surface area contributed by atoms with Gasteiger partial charge >= 0.3 is 0 Å². The van der Waals surface area contributed by atoms with Crippen LogP contribution in [0, 0.1) is 17.6 Å². The first-order chi connectivity index (χ1) is 11.0. The molecule has 1 aliphatic carbocycles. The van der Waals surface area contributed by atoms with E-state index in [-0.39, 0.29) is 23.3 Å². The van der Waals surface area contributed by atoms with Gasteiger partial charge in [-0.25, -0.2) is 8.78 Å². The first-order valence-corrected chi connectivity index (χ1v) is 7.73. The molecule has 2 aromatic rings. The van der Waals surface area contributed by atoms with Crippen LogP contribution in [0.25, 0.3) is 0 Å². The van der Waals surface area contributed by atoms with E-state index in [4.69, 9.17) is 0 Å². The van der Waals surface area contributed by atoms with E-state index in [9.17, 15) is 13.6 Å². The highest BCUT2D eigenvalue weighted by Gasteiger charge is 2.45. The van der Waals surface area contributed by atoms with Crippen molar-refractivity contribution in [2.75, 3.05) is 0 Å². The van der Waals surface area contributed by atoms with E-state index in [1.54, 1.807) is 10.9 Å². The Kier molecular flexibility index (Phi) is 4.15. The van der Waals surface area contributed by atoms with Crippen LogP contribution in [0.5, 0.6) is 0 Å². The zero-order valence-corrected chi connectivity index (χ0v) is 13.1. The van der Waals surface area contributed by atoms with Crippen molar-refractivity contribution in [2.24, 2.45) is 13.0 Å². The molecule has 3 atom stereocenters. The van der Waals surface area contributed by atoms with Crippen molar-refractivity contribution in [1.82, 2.24) is 15.1 Å². The normalized spacial score (nSPS) is 21.0. The number of carbonyl (C=O) groups is 1. The number of hydrogen-bond acceptors (Lipinski definition) is 2. The third-order valence-corrected chi connectivity index (χ3v) is 4.34. The van der Waals surface area contributed by atoms with Gasteiger partial charge < -0.3 is 5.32 Å². The highest BCUT2D eigenvalue weighted by Crippen LogP contribution is 2.47. The van der Waals surface area contributed by atoms with Crippen molar-refractivity contribution in [3.05, 3.63) is 53.4 Å². The minimum atomic E-state index is -0.520. The molecule has 0 unspecified atom stereocenters. The number of hydrogen-bond donors (Lipinski definition) is 1. The highest BCUT2D eigenvalue weighted by atomic mass is 19.1. The Morgan fingerprint density at radius 2 is 2.26 bits per heavy atom. The summed E-state index contributed by atoms with van der Waals surface area (Å²) in [5.74, 6) is -1.08. The van der Waals surface area contributed by atoms with E-state index in [1.807, 2.05) is 20.2 Å². The summed E-state index contributed by atoms with van der Waals surface area (Å²) in [7, 11) is 1.83. The van der Waals surface area contributed by atoms with Gasteiger partial charge in [0.1, 0.15) is 11.6 Å². The molecule has 0 spiro atoms. The third-order valence-electron chi connectivity index (χ3n) is 4.34. The Labute approximate surface area is 133 Å². The fourth-order valence-corrected chi connectivity index (χ4v) is 2.94. The molecule has 122 valence electrons. The van der Waals surface area contributed by atoms with Crippen LogP contribution < -0.4 is 5.32 Å². The number of nitrogens with one attached hydrogen (secondary N) is 1. The average molecular weight is 319 g/mol. The summed E-state index contributed by atoms with van der Waals surface area (Å²) in [6, 6.07) is 2.80. The van der Waals surface area contributed by atoms with Crippen molar-refractivity contribution in [1.29, 1.82) is 0 Å². The lowest BCUT2D eigenvalue weighted by atomic mass is 10.0. The quantitative estimate of drug-likeness (QED) is 0.920. The molecule has 3 rings (SSSR count). The van der Waals surface area contributed by atoms with Crippen LogP contribution in [0.15, 0.2) is 30.6 Å². The second-order valence-electron chi connectivity index (χ2n) is 6.03. The molecule has 1 amide bonds. The standard InChI is InChI=1S/C17H19F2N3O/c1-3-16(14-6-11(18)4-5-15(14)19)21-17(23)13-7-12(13)10-8-20-22(2)9-10/h4-6,8-9,12-13,16H,3,7H2,1-2H3,(H,21,23)/t12-,13-,16-/m0/s1. The van der Waals surface area contributed by atoms with Crippen LogP contribution in [0.4, 0.5) is 8.78 Å². The molecular formula is C17H19F2N3O.